The van der Waals surface area contributed by atoms with E-state index in [1.165, 1.54) is 0 Å². The summed E-state index contributed by atoms with van der Waals surface area (Å²) in [6.45, 7) is 2.13. The molecule has 2 N–H and O–H groups in total. The first kappa shape index (κ1) is 21.1. The largest absolute Gasteiger partial charge is 0.489 e. The standard InChI is InChI=1S/C26H23N3O3/c1-17-9-12-22(28-25(30)18-10-11-18)14-24(17)29-26(31)19-7-4-8-23(13-19)32-16-21-6-3-2-5-20(21)15-27/h2-9,12-14,18H,10-11,16H2,1H3,(H,28,30)(H,29,31). The molecule has 0 aromatic heterocycles. The molecule has 0 atom stereocenters. The van der Waals surface area contributed by atoms with Crippen molar-refractivity contribution >= 4 is 23.2 Å². The first-order chi connectivity index (χ1) is 15.5. The smallest absolute Gasteiger partial charge is 0.255 e. The minimum absolute atomic E-state index is 0.0222. The molecule has 0 aliphatic heterocycles. The predicted molar refractivity (Wildman–Crippen MR) is 122 cm³/mol. The number of carbonyl (C=O) groups excluding carboxylic acids is 2. The van der Waals surface area contributed by atoms with Gasteiger partial charge in [0.05, 0.1) is 11.6 Å². The third-order valence-electron chi connectivity index (χ3n) is 5.33. The minimum atomic E-state index is -0.276. The first-order valence-corrected chi connectivity index (χ1v) is 10.5. The molecule has 0 radical (unpaired) electrons. The van der Waals surface area contributed by atoms with Crippen molar-refractivity contribution in [3.8, 4) is 11.8 Å². The highest BCUT2D eigenvalue weighted by Gasteiger charge is 2.29. The van der Waals surface area contributed by atoms with Crippen LogP contribution in [0.5, 0.6) is 5.75 Å². The summed E-state index contributed by atoms with van der Waals surface area (Å²) in [5.41, 5.74) is 3.98. The summed E-state index contributed by atoms with van der Waals surface area (Å²) < 4.78 is 5.81. The quantitative estimate of drug-likeness (QED) is 0.554. The number of nitrogens with one attached hydrogen (secondary N) is 2. The van der Waals surface area contributed by atoms with Crippen LogP contribution in [0, 0.1) is 24.2 Å². The highest BCUT2D eigenvalue weighted by atomic mass is 16.5. The van der Waals surface area contributed by atoms with Gasteiger partial charge in [0.2, 0.25) is 5.91 Å². The number of anilines is 2. The van der Waals surface area contributed by atoms with Crippen molar-refractivity contribution in [1.82, 2.24) is 0 Å². The van der Waals surface area contributed by atoms with Crippen molar-refractivity contribution in [1.29, 1.82) is 5.26 Å². The van der Waals surface area contributed by atoms with Crippen LogP contribution in [-0.2, 0) is 11.4 Å². The number of ether oxygens (including phenoxy) is 1. The van der Waals surface area contributed by atoms with Crippen molar-refractivity contribution < 1.29 is 14.3 Å². The van der Waals surface area contributed by atoms with Crippen molar-refractivity contribution in [3.05, 3.63) is 89.0 Å². The number of carbonyl (C=O) groups is 2. The maximum absolute atomic E-state index is 12.8. The van der Waals surface area contributed by atoms with E-state index in [1.54, 1.807) is 42.5 Å². The van der Waals surface area contributed by atoms with Crippen LogP contribution in [0.3, 0.4) is 0 Å². The summed E-state index contributed by atoms with van der Waals surface area (Å²) in [5, 5.41) is 15.0. The fourth-order valence-corrected chi connectivity index (χ4v) is 3.26. The van der Waals surface area contributed by atoms with E-state index in [2.05, 4.69) is 16.7 Å². The number of benzene rings is 3. The lowest BCUT2D eigenvalue weighted by Gasteiger charge is -2.13. The molecule has 2 amide bonds. The molecule has 4 rings (SSSR count). The van der Waals surface area contributed by atoms with Crippen LogP contribution < -0.4 is 15.4 Å². The molecule has 1 aliphatic carbocycles. The Morgan fingerprint density at radius 1 is 1.03 bits per heavy atom. The molecule has 1 saturated carbocycles. The van der Waals surface area contributed by atoms with Gasteiger partial charge in [0.15, 0.2) is 0 Å². The average molecular weight is 425 g/mol. The number of aryl methyl sites for hydroxylation is 1. The Labute approximate surface area is 186 Å². The zero-order valence-electron chi connectivity index (χ0n) is 17.7. The fourth-order valence-electron chi connectivity index (χ4n) is 3.26. The van der Waals surface area contributed by atoms with Crippen LogP contribution in [0.1, 0.15) is 39.9 Å². The van der Waals surface area contributed by atoms with Crippen molar-refractivity contribution in [2.75, 3.05) is 10.6 Å². The maximum Gasteiger partial charge on any atom is 0.255 e. The summed E-state index contributed by atoms with van der Waals surface area (Å²) in [5.74, 6) is 0.389. The van der Waals surface area contributed by atoms with Gasteiger partial charge in [-0.25, -0.2) is 0 Å². The van der Waals surface area contributed by atoms with Gasteiger partial charge in [0, 0.05) is 28.4 Å². The predicted octanol–water partition coefficient (Wildman–Crippen LogP) is 5.05. The second-order valence-electron chi connectivity index (χ2n) is 7.83. The number of hydrogen-bond acceptors (Lipinski definition) is 4. The molecule has 0 bridgehead atoms. The maximum atomic E-state index is 12.8. The Balaban J connectivity index is 1.43. The molecule has 32 heavy (non-hydrogen) atoms. The molecule has 3 aromatic carbocycles. The molecule has 1 fully saturated rings. The van der Waals surface area contributed by atoms with Crippen LogP contribution >= 0.6 is 0 Å². The fraction of sp³-hybridized carbons (Fsp3) is 0.192. The van der Waals surface area contributed by atoms with E-state index in [9.17, 15) is 14.9 Å². The van der Waals surface area contributed by atoms with Gasteiger partial charge in [-0.2, -0.15) is 5.26 Å². The van der Waals surface area contributed by atoms with Crippen LogP contribution in [0.15, 0.2) is 66.7 Å². The van der Waals surface area contributed by atoms with Gasteiger partial charge >= 0.3 is 0 Å². The SMILES string of the molecule is Cc1ccc(NC(=O)C2CC2)cc1NC(=O)c1cccc(OCc2ccccc2C#N)c1. The van der Waals surface area contributed by atoms with Crippen LogP contribution in [0.4, 0.5) is 11.4 Å². The molecule has 1 aliphatic rings. The Bertz CT molecular complexity index is 1210. The van der Waals surface area contributed by atoms with Crippen molar-refractivity contribution in [2.45, 2.75) is 26.4 Å². The zero-order chi connectivity index (χ0) is 22.5. The van der Waals surface area contributed by atoms with Gasteiger partial charge in [-0.3, -0.25) is 9.59 Å². The highest BCUT2D eigenvalue weighted by Crippen LogP contribution is 2.31. The van der Waals surface area contributed by atoms with Gasteiger partial charge in [0.25, 0.3) is 5.91 Å². The lowest BCUT2D eigenvalue weighted by Crippen LogP contribution is -2.15. The van der Waals surface area contributed by atoms with E-state index < -0.39 is 0 Å². The van der Waals surface area contributed by atoms with E-state index in [4.69, 9.17) is 4.74 Å². The summed E-state index contributed by atoms with van der Waals surface area (Å²) in [4.78, 5) is 24.9. The Morgan fingerprint density at radius 3 is 2.62 bits per heavy atom. The molecule has 160 valence electrons. The summed E-state index contributed by atoms with van der Waals surface area (Å²) in [6, 6.07) is 21.8. The normalized spacial score (nSPS) is 12.5. The highest BCUT2D eigenvalue weighted by molar-refractivity contribution is 6.05. The monoisotopic (exact) mass is 425 g/mol. The van der Waals surface area contributed by atoms with E-state index in [0.717, 1.165) is 24.0 Å². The summed E-state index contributed by atoms with van der Waals surface area (Å²) >= 11 is 0. The summed E-state index contributed by atoms with van der Waals surface area (Å²) in [7, 11) is 0. The van der Waals surface area contributed by atoms with Gasteiger partial charge in [-0.05, 0) is 61.7 Å². The molecule has 3 aromatic rings. The molecule has 0 heterocycles. The molecule has 6 nitrogen and oxygen atoms in total. The molecule has 6 heteroatoms. The first-order valence-electron chi connectivity index (χ1n) is 10.5. The van der Waals surface area contributed by atoms with Gasteiger partial charge in [-0.1, -0.05) is 30.3 Å². The van der Waals surface area contributed by atoms with E-state index in [1.807, 2.05) is 31.2 Å². The number of nitriles is 1. The topological polar surface area (TPSA) is 91.2 Å². The van der Waals surface area contributed by atoms with Crippen LogP contribution in [-0.4, -0.2) is 11.8 Å². The van der Waals surface area contributed by atoms with Crippen LogP contribution in [0.2, 0.25) is 0 Å². The zero-order valence-corrected chi connectivity index (χ0v) is 17.7. The molecular formula is C26H23N3O3. The van der Waals surface area contributed by atoms with Crippen molar-refractivity contribution in [3.63, 3.8) is 0 Å². The Morgan fingerprint density at radius 2 is 1.84 bits per heavy atom. The van der Waals surface area contributed by atoms with Gasteiger partial charge < -0.3 is 15.4 Å². The molecule has 0 spiro atoms. The number of rotatable bonds is 7. The van der Waals surface area contributed by atoms with Gasteiger partial charge in [-0.15, -0.1) is 0 Å². The third kappa shape index (κ3) is 5.13. The molecular weight excluding hydrogens is 402 g/mol. The lowest BCUT2D eigenvalue weighted by molar-refractivity contribution is -0.117. The number of amides is 2. The van der Waals surface area contributed by atoms with Crippen molar-refractivity contribution in [2.24, 2.45) is 5.92 Å². The molecule has 0 unspecified atom stereocenters. The lowest BCUT2D eigenvalue weighted by atomic mass is 10.1. The second kappa shape index (κ2) is 9.36. The molecule has 0 saturated heterocycles. The Hall–Kier alpha value is -4.11. The van der Waals surface area contributed by atoms with E-state index in [0.29, 0.717) is 28.3 Å². The van der Waals surface area contributed by atoms with Crippen LogP contribution in [0.25, 0.3) is 0 Å². The number of nitrogens with zero attached hydrogens (tertiary/aromatic N) is 1. The second-order valence-corrected chi connectivity index (χ2v) is 7.83. The Kier molecular flexibility index (Phi) is 6.18. The third-order valence-corrected chi connectivity index (χ3v) is 5.33. The minimum Gasteiger partial charge on any atom is -0.489 e. The summed E-state index contributed by atoms with van der Waals surface area (Å²) in [6.07, 6.45) is 1.86. The average Bonchev–Trinajstić information content (AvgIpc) is 3.66. The van der Waals surface area contributed by atoms with Gasteiger partial charge in [0.1, 0.15) is 12.4 Å². The number of hydrogen-bond donors (Lipinski definition) is 2. The van der Waals surface area contributed by atoms with E-state index >= 15 is 0 Å². The van der Waals surface area contributed by atoms with E-state index in [-0.39, 0.29) is 24.3 Å².